The Hall–Kier alpha value is -1.62. The number of benzene rings is 1. The van der Waals surface area contributed by atoms with Crippen molar-refractivity contribution in [2.75, 3.05) is 0 Å². The molecule has 0 saturated heterocycles. The molecule has 26 heavy (non-hydrogen) atoms. The number of aryl methyl sites for hydroxylation is 1. The van der Waals surface area contributed by atoms with Crippen molar-refractivity contribution in [1.82, 2.24) is 9.19 Å². The van der Waals surface area contributed by atoms with Crippen LogP contribution in [0.25, 0.3) is 0 Å². The predicted molar refractivity (Wildman–Crippen MR) is 101 cm³/mol. The minimum Gasteiger partial charge on any atom is -0.199 e. The summed E-state index contributed by atoms with van der Waals surface area (Å²) in [6.45, 7) is 3.95. The molecule has 0 unspecified atom stereocenters. The van der Waals surface area contributed by atoms with Crippen molar-refractivity contribution in [3.63, 3.8) is 0 Å². The molecule has 4 fully saturated rings. The van der Waals surface area contributed by atoms with Crippen LogP contribution >= 0.6 is 0 Å². The van der Waals surface area contributed by atoms with Gasteiger partial charge in [-0.15, -0.1) is 0 Å². The quantitative estimate of drug-likeness (QED) is 0.813. The van der Waals surface area contributed by atoms with Crippen molar-refractivity contribution in [2.24, 2.45) is 17.8 Å². The average molecular weight is 371 g/mol. The number of nitrogens with zero attached hydrogens (tertiary/aromatic N) is 2. The lowest BCUT2D eigenvalue weighted by Gasteiger charge is -2.57. The minimum atomic E-state index is -3.64. The first-order valence-corrected chi connectivity index (χ1v) is 11.2. The fraction of sp³-hybridized carbons (Fsp3) is 0.571. The zero-order valence-electron chi connectivity index (χ0n) is 15.5. The lowest BCUT2D eigenvalue weighted by molar-refractivity contribution is -0.00574. The van der Waals surface area contributed by atoms with Gasteiger partial charge in [0.25, 0.3) is 10.0 Å². The molecule has 0 N–H and O–H groups in total. The standard InChI is InChI=1S/C21H26N2O2S/c1-14-20(21-11-16-8-17(12-21)10-18(9-16)13-21)15(2)23(22-14)26(24,25)19-6-4-3-5-7-19/h3-7,16-18H,8-13H2,1-2H3. The second-order valence-corrected chi connectivity index (χ2v) is 10.7. The van der Waals surface area contributed by atoms with Gasteiger partial charge in [-0.2, -0.15) is 17.6 Å². The van der Waals surface area contributed by atoms with Crippen LogP contribution in [0.1, 0.15) is 55.5 Å². The monoisotopic (exact) mass is 370 g/mol. The highest BCUT2D eigenvalue weighted by Crippen LogP contribution is 2.61. The molecule has 0 amide bonds. The van der Waals surface area contributed by atoms with E-state index in [0.717, 1.165) is 29.1 Å². The maximum absolute atomic E-state index is 13.1. The van der Waals surface area contributed by atoms with Crippen LogP contribution in [0.4, 0.5) is 0 Å². The Morgan fingerprint density at radius 3 is 2.04 bits per heavy atom. The Labute approximate surface area is 155 Å². The minimum absolute atomic E-state index is 0.160. The molecule has 4 aliphatic carbocycles. The van der Waals surface area contributed by atoms with Gasteiger partial charge in [-0.25, -0.2) is 0 Å². The Morgan fingerprint density at radius 1 is 0.962 bits per heavy atom. The topological polar surface area (TPSA) is 52.0 Å². The highest BCUT2D eigenvalue weighted by Gasteiger charge is 2.53. The number of rotatable bonds is 3. The van der Waals surface area contributed by atoms with Gasteiger partial charge in [0.15, 0.2) is 0 Å². The van der Waals surface area contributed by atoms with E-state index in [0.29, 0.717) is 4.90 Å². The summed E-state index contributed by atoms with van der Waals surface area (Å²) in [6.07, 6.45) is 7.81. The van der Waals surface area contributed by atoms with Gasteiger partial charge >= 0.3 is 0 Å². The van der Waals surface area contributed by atoms with Gasteiger partial charge in [0.1, 0.15) is 0 Å². The molecule has 0 aliphatic heterocycles. The van der Waals surface area contributed by atoms with E-state index in [9.17, 15) is 8.42 Å². The highest BCUT2D eigenvalue weighted by molar-refractivity contribution is 7.89. The largest absolute Gasteiger partial charge is 0.283 e. The summed E-state index contributed by atoms with van der Waals surface area (Å²) >= 11 is 0. The van der Waals surface area contributed by atoms with Gasteiger partial charge in [0, 0.05) is 5.56 Å². The van der Waals surface area contributed by atoms with E-state index >= 15 is 0 Å². The molecule has 0 spiro atoms. The second-order valence-electron chi connectivity index (χ2n) is 8.90. The molecule has 6 rings (SSSR count). The summed E-state index contributed by atoms with van der Waals surface area (Å²) in [5.74, 6) is 2.48. The molecule has 1 aromatic carbocycles. The molecular formula is C21H26N2O2S. The van der Waals surface area contributed by atoms with E-state index in [2.05, 4.69) is 5.10 Å². The Bertz CT molecular complexity index is 924. The molecular weight excluding hydrogens is 344 g/mol. The van der Waals surface area contributed by atoms with Crippen LogP contribution in [0, 0.1) is 31.6 Å². The van der Waals surface area contributed by atoms with Gasteiger partial charge in [0.2, 0.25) is 0 Å². The van der Waals surface area contributed by atoms with Crippen LogP contribution < -0.4 is 0 Å². The van der Waals surface area contributed by atoms with Gasteiger partial charge < -0.3 is 0 Å². The molecule has 4 bridgehead atoms. The smallest absolute Gasteiger partial charge is 0.199 e. The summed E-state index contributed by atoms with van der Waals surface area (Å²) in [4.78, 5) is 0.308. The molecule has 4 nitrogen and oxygen atoms in total. The van der Waals surface area contributed by atoms with E-state index in [1.807, 2.05) is 19.9 Å². The van der Waals surface area contributed by atoms with E-state index in [1.54, 1.807) is 24.3 Å². The van der Waals surface area contributed by atoms with Crippen LogP contribution in [0.2, 0.25) is 0 Å². The van der Waals surface area contributed by atoms with Crippen molar-refractivity contribution in [2.45, 2.75) is 62.7 Å². The average Bonchev–Trinajstić information content (AvgIpc) is 2.90. The molecule has 1 aromatic heterocycles. The molecule has 5 heteroatoms. The normalized spacial score (nSPS) is 32.9. The summed E-state index contributed by atoms with van der Waals surface area (Å²) in [5.41, 5.74) is 3.13. The van der Waals surface area contributed by atoms with Gasteiger partial charge in [-0.3, -0.25) is 0 Å². The maximum Gasteiger partial charge on any atom is 0.283 e. The SMILES string of the molecule is Cc1nn(S(=O)(=O)c2ccccc2)c(C)c1C12CC3CC(CC(C3)C1)C2. The number of aromatic nitrogens is 2. The Morgan fingerprint density at radius 2 is 1.50 bits per heavy atom. The third-order valence-corrected chi connectivity index (χ3v) is 8.77. The summed E-state index contributed by atoms with van der Waals surface area (Å²) in [5, 5.41) is 4.54. The van der Waals surface area contributed by atoms with Gasteiger partial charge in [-0.1, -0.05) is 18.2 Å². The summed E-state index contributed by atoms with van der Waals surface area (Å²) < 4.78 is 27.6. The zero-order valence-corrected chi connectivity index (χ0v) is 16.3. The third-order valence-electron chi connectivity index (χ3n) is 7.09. The van der Waals surface area contributed by atoms with Crippen molar-refractivity contribution in [3.8, 4) is 0 Å². The second kappa shape index (κ2) is 5.44. The zero-order chi connectivity index (χ0) is 18.1. The summed E-state index contributed by atoms with van der Waals surface area (Å²) in [7, 11) is -3.64. The molecule has 0 atom stereocenters. The number of hydrogen-bond acceptors (Lipinski definition) is 3. The van der Waals surface area contributed by atoms with Crippen LogP contribution in [0.15, 0.2) is 35.2 Å². The van der Waals surface area contributed by atoms with Crippen molar-refractivity contribution in [1.29, 1.82) is 0 Å². The molecule has 0 radical (unpaired) electrons. The highest BCUT2D eigenvalue weighted by atomic mass is 32.2. The molecule has 4 aliphatic rings. The third kappa shape index (κ3) is 2.25. The molecule has 138 valence electrons. The number of hydrogen-bond donors (Lipinski definition) is 0. The first kappa shape index (κ1) is 16.5. The van der Waals surface area contributed by atoms with Crippen LogP contribution in [-0.2, 0) is 15.4 Å². The maximum atomic E-state index is 13.1. The van der Waals surface area contributed by atoms with Crippen molar-refractivity contribution < 1.29 is 8.42 Å². The Kier molecular flexibility index (Phi) is 3.46. The van der Waals surface area contributed by atoms with E-state index in [-0.39, 0.29) is 5.41 Å². The van der Waals surface area contributed by atoms with Gasteiger partial charge in [0.05, 0.1) is 16.3 Å². The fourth-order valence-electron chi connectivity index (χ4n) is 6.73. The first-order chi connectivity index (χ1) is 12.4. The predicted octanol–water partition coefficient (Wildman–Crippen LogP) is 4.20. The van der Waals surface area contributed by atoms with Crippen LogP contribution in [-0.4, -0.2) is 17.6 Å². The van der Waals surface area contributed by atoms with Gasteiger partial charge in [-0.05, 0) is 87.7 Å². The van der Waals surface area contributed by atoms with Crippen LogP contribution in [0.3, 0.4) is 0 Å². The van der Waals surface area contributed by atoms with Crippen molar-refractivity contribution >= 4 is 10.0 Å². The lowest BCUT2D eigenvalue weighted by atomic mass is 9.48. The lowest BCUT2D eigenvalue weighted by Crippen LogP contribution is -2.49. The fourth-order valence-corrected chi connectivity index (χ4v) is 8.11. The molecule has 1 heterocycles. The van der Waals surface area contributed by atoms with E-state index < -0.39 is 10.0 Å². The molecule has 2 aromatic rings. The van der Waals surface area contributed by atoms with Crippen LogP contribution in [0.5, 0.6) is 0 Å². The first-order valence-electron chi connectivity index (χ1n) is 9.76. The molecule has 4 saturated carbocycles. The van der Waals surface area contributed by atoms with Crippen molar-refractivity contribution in [3.05, 3.63) is 47.3 Å². The Balaban J connectivity index is 1.63. The van der Waals surface area contributed by atoms with E-state index in [1.165, 1.54) is 48.2 Å². The van der Waals surface area contributed by atoms with E-state index in [4.69, 9.17) is 0 Å². The summed E-state index contributed by atoms with van der Waals surface area (Å²) in [6, 6.07) is 8.66.